The third-order valence-electron chi connectivity index (χ3n) is 2.53. The molecule has 1 N–H and O–H groups in total. The van der Waals surface area contributed by atoms with Gasteiger partial charge in [0, 0.05) is 29.0 Å². The molecule has 0 saturated heterocycles. The molecule has 0 saturated carbocycles. The Bertz CT molecular complexity index is 299. The molecule has 1 heterocycles. The molecule has 0 bridgehead atoms. The average molecular weight is 278 g/mol. The lowest BCUT2D eigenvalue weighted by atomic mass is 10.2. The smallest absolute Gasteiger partial charge is 0.0931 e. The predicted molar refractivity (Wildman–Crippen MR) is 77.8 cm³/mol. The van der Waals surface area contributed by atoms with Crippen molar-refractivity contribution in [3.05, 3.63) is 21.3 Å². The Morgan fingerprint density at radius 1 is 1.38 bits per heavy atom. The molecule has 1 atom stereocenters. The Morgan fingerprint density at radius 2 is 2.12 bits per heavy atom. The molecule has 0 aliphatic carbocycles. The molecule has 1 aromatic rings. The zero-order chi connectivity index (χ0) is 12.0. The van der Waals surface area contributed by atoms with Gasteiger partial charge >= 0.3 is 0 Å². The van der Waals surface area contributed by atoms with Crippen LogP contribution in [-0.4, -0.2) is 17.5 Å². The van der Waals surface area contributed by atoms with Crippen LogP contribution < -0.4 is 5.32 Å². The quantitative estimate of drug-likeness (QED) is 0.747. The fourth-order valence-electron chi connectivity index (χ4n) is 1.17. The summed E-state index contributed by atoms with van der Waals surface area (Å²) in [6.07, 6.45) is 0. The van der Waals surface area contributed by atoms with E-state index in [1.165, 1.54) is 10.6 Å². The first-order valence-corrected chi connectivity index (χ1v) is 7.90. The van der Waals surface area contributed by atoms with Crippen molar-refractivity contribution in [2.75, 3.05) is 12.3 Å². The topological polar surface area (TPSA) is 12.0 Å². The SMILES string of the molecule is CC(C)C(C)SCCNCc1ccc(Cl)s1. The maximum atomic E-state index is 5.86. The molecule has 16 heavy (non-hydrogen) atoms. The van der Waals surface area contributed by atoms with Crippen molar-refractivity contribution in [3.8, 4) is 0 Å². The fourth-order valence-corrected chi connectivity index (χ4v) is 3.24. The summed E-state index contributed by atoms with van der Waals surface area (Å²) in [6.45, 7) is 8.86. The van der Waals surface area contributed by atoms with Gasteiger partial charge in [-0.25, -0.2) is 0 Å². The van der Waals surface area contributed by atoms with E-state index in [2.05, 4.69) is 32.2 Å². The van der Waals surface area contributed by atoms with Crippen molar-refractivity contribution in [2.45, 2.75) is 32.6 Å². The number of hydrogen-bond acceptors (Lipinski definition) is 3. The number of hydrogen-bond donors (Lipinski definition) is 1. The van der Waals surface area contributed by atoms with Crippen molar-refractivity contribution in [1.29, 1.82) is 0 Å². The maximum Gasteiger partial charge on any atom is 0.0931 e. The van der Waals surface area contributed by atoms with Gasteiger partial charge < -0.3 is 5.32 Å². The van der Waals surface area contributed by atoms with Gasteiger partial charge in [-0.05, 0) is 18.1 Å². The maximum absolute atomic E-state index is 5.86. The first-order chi connectivity index (χ1) is 7.59. The van der Waals surface area contributed by atoms with Crippen LogP contribution in [0.5, 0.6) is 0 Å². The molecule has 0 spiro atoms. The Hall–Kier alpha value is 0.300. The minimum absolute atomic E-state index is 0.748. The third-order valence-corrected chi connectivity index (χ3v) is 5.27. The largest absolute Gasteiger partial charge is 0.311 e. The first-order valence-electron chi connectivity index (χ1n) is 5.66. The van der Waals surface area contributed by atoms with Gasteiger partial charge in [0.1, 0.15) is 0 Å². The van der Waals surface area contributed by atoms with E-state index in [1.807, 2.05) is 17.8 Å². The van der Waals surface area contributed by atoms with E-state index in [1.54, 1.807) is 11.3 Å². The second-order valence-electron chi connectivity index (χ2n) is 4.20. The van der Waals surface area contributed by atoms with E-state index < -0.39 is 0 Å². The molecule has 1 unspecified atom stereocenters. The number of thiophene rings is 1. The molecule has 1 aromatic heterocycles. The first kappa shape index (κ1) is 14.4. The summed E-state index contributed by atoms with van der Waals surface area (Å²) in [4.78, 5) is 1.31. The van der Waals surface area contributed by atoms with Crippen LogP contribution in [-0.2, 0) is 6.54 Å². The van der Waals surface area contributed by atoms with Crippen molar-refractivity contribution in [3.63, 3.8) is 0 Å². The Balaban J connectivity index is 2.04. The molecule has 1 rings (SSSR count). The van der Waals surface area contributed by atoms with Crippen LogP contribution in [0.4, 0.5) is 0 Å². The number of rotatable bonds is 7. The van der Waals surface area contributed by atoms with E-state index in [0.717, 1.165) is 28.6 Å². The Labute approximate surface area is 112 Å². The van der Waals surface area contributed by atoms with Gasteiger partial charge in [-0.15, -0.1) is 11.3 Å². The molecule has 0 radical (unpaired) electrons. The fraction of sp³-hybridized carbons (Fsp3) is 0.667. The van der Waals surface area contributed by atoms with E-state index in [9.17, 15) is 0 Å². The minimum Gasteiger partial charge on any atom is -0.311 e. The highest BCUT2D eigenvalue weighted by Gasteiger charge is 2.06. The molecule has 0 aliphatic heterocycles. The minimum atomic E-state index is 0.748. The van der Waals surface area contributed by atoms with Crippen LogP contribution in [0.2, 0.25) is 4.34 Å². The highest BCUT2D eigenvalue weighted by Crippen LogP contribution is 2.21. The highest BCUT2D eigenvalue weighted by atomic mass is 35.5. The van der Waals surface area contributed by atoms with Crippen molar-refractivity contribution < 1.29 is 0 Å². The van der Waals surface area contributed by atoms with Crippen molar-refractivity contribution >= 4 is 34.7 Å². The van der Waals surface area contributed by atoms with Crippen LogP contribution >= 0.6 is 34.7 Å². The van der Waals surface area contributed by atoms with Gasteiger partial charge in [0.15, 0.2) is 0 Å². The summed E-state index contributed by atoms with van der Waals surface area (Å²) in [5.74, 6) is 1.94. The van der Waals surface area contributed by atoms with E-state index >= 15 is 0 Å². The van der Waals surface area contributed by atoms with Crippen LogP contribution in [0.1, 0.15) is 25.6 Å². The second kappa shape index (κ2) is 7.59. The van der Waals surface area contributed by atoms with E-state index in [0.29, 0.717) is 0 Å². The number of nitrogens with one attached hydrogen (secondary N) is 1. The molecule has 92 valence electrons. The monoisotopic (exact) mass is 277 g/mol. The highest BCUT2D eigenvalue weighted by molar-refractivity contribution is 7.99. The zero-order valence-electron chi connectivity index (χ0n) is 10.1. The summed E-state index contributed by atoms with van der Waals surface area (Å²) >= 11 is 9.56. The summed E-state index contributed by atoms with van der Waals surface area (Å²) in [7, 11) is 0. The average Bonchev–Trinajstić information content (AvgIpc) is 2.63. The van der Waals surface area contributed by atoms with Gasteiger partial charge in [0.2, 0.25) is 0 Å². The molecule has 0 amide bonds. The van der Waals surface area contributed by atoms with Gasteiger partial charge in [-0.2, -0.15) is 11.8 Å². The molecular weight excluding hydrogens is 258 g/mol. The molecule has 0 fully saturated rings. The Morgan fingerprint density at radius 3 is 2.69 bits per heavy atom. The van der Waals surface area contributed by atoms with Crippen molar-refractivity contribution in [2.24, 2.45) is 5.92 Å². The lowest BCUT2D eigenvalue weighted by Crippen LogP contribution is -2.18. The Kier molecular flexibility index (Phi) is 6.81. The molecule has 4 heteroatoms. The van der Waals surface area contributed by atoms with Crippen LogP contribution in [0.25, 0.3) is 0 Å². The normalized spacial score (nSPS) is 13.3. The van der Waals surface area contributed by atoms with Gasteiger partial charge in [-0.3, -0.25) is 0 Å². The van der Waals surface area contributed by atoms with Crippen LogP contribution in [0, 0.1) is 5.92 Å². The van der Waals surface area contributed by atoms with Gasteiger partial charge in [-0.1, -0.05) is 32.4 Å². The summed E-state index contributed by atoms with van der Waals surface area (Å²) in [5.41, 5.74) is 0. The zero-order valence-corrected chi connectivity index (χ0v) is 12.5. The number of thioether (sulfide) groups is 1. The molecule has 0 aromatic carbocycles. The van der Waals surface area contributed by atoms with Crippen LogP contribution in [0.3, 0.4) is 0 Å². The third kappa shape index (κ3) is 5.58. The second-order valence-corrected chi connectivity index (χ2v) is 7.49. The molecular formula is C12H20ClNS2. The summed E-state index contributed by atoms with van der Waals surface area (Å²) < 4.78 is 0.875. The van der Waals surface area contributed by atoms with E-state index in [4.69, 9.17) is 11.6 Å². The summed E-state index contributed by atoms with van der Waals surface area (Å²) in [6, 6.07) is 4.04. The van der Waals surface area contributed by atoms with Crippen molar-refractivity contribution in [1.82, 2.24) is 5.32 Å². The lowest BCUT2D eigenvalue weighted by molar-refractivity contribution is 0.640. The van der Waals surface area contributed by atoms with Crippen LogP contribution in [0.15, 0.2) is 12.1 Å². The molecule has 1 nitrogen and oxygen atoms in total. The predicted octanol–water partition coefficient (Wildman–Crippen LogP) is 4.27. The van der Waals surface area contributed by atoms with Gasteiger partial charge in [0.05, 0.1) is 4.34 Å². The van der Waals surface area contributed by atoms with Gasteiger partial charge in [0.25, 0.3) is 0 Å². The van der Waals surface area contributed by atoms with E-state index in [-0.39, 0.29) is 0 Å². The molecule has 0 aliphatic rings. The summed E-state index contributed by atoms with van der Waals surface area (Å²) in [5, 5.41) is 4.19. The standard InChI is InChI=1S/C12H20ClNS2/c1-9(2)10(3)15-7-6-14-8-11-4-5-12(13)16-11/h4-5,9-10,14H,6-8H2,1-3H3. The number of halogens is 1. The lowest BCUT2D eigenvalue weighted by Gasteiger charge is -2.14.